The van der Waals surface area contributed by atoms with Gasteiger partial charge in [-0.05, 0) is 30.5 Å². The summed E-state index contributed by atoms with van der Waals surface area (Å²) in [5, 5.41) is 11.5. The molecule has 4 nitrogen and oxygen atoms in total. The number of nitrogens with one attached hydrogen (secondary N) is 1. The van der Waals surface area contributed by atoms with Gasteiger partial charge in [0, 0.05) is 12.1 Å². The Kier molecular flexibility index (Phi) is 5.95. The molecule has 0 spiro atoms. The fourth-order valence-electron chi connectivity index (χ4n) is 1.80. The summed E-state index contributed by atoms with van der Waals surface area (Å²) in [6.07, 6.45) is 0.472. The molecule has 1 amide bonds. The quantitative estimate of drug-likeness (QED) is 0.849. The van der Waals surface area contributed by atoms with Crippen molar-refractivity contribution < 1.29 is 19.1 Å². The van der Waals surface area contributed by atoms with Gasteiger partial charge in [0.05, 0.1) is 10.9 Å². The van der Waals surface area contributed by atoms with Gasteiger partial charge in [0.15, 0.2) is 0 Å². The lowest BCUT2D eigenvalue weighted by Gasteiger charge is -2.15. The number of carboxylic acid groups (broad SMARTS) is 1. The highest BCUT2D eigenvalue weighted by molar-refractivity contribution is 6.31. The van der Waals surface area contributed by atoms with Gasteiger partial charge in [0.2, 0.25) is 0 Å². The van der Waals surface area contributed by atoms with Crippen molar-refractivity contribution in [1.29, 1.82) is 0 Å². The van der Waals surface area contributed by atoms with Gasteiger partial charge in [-0.25, -0.2) is 4.39 Å². The Labute approximate surface area is 121 Å². The Morgan fingerprint density at radius 3 is 2.55 bits per heavy atom. The van der Waals surface area contributed by atoms with Gasteiger partial charge in [0.25, 0.3) is 5.91 Å². The van der Waals surface area contributed by atoms with E-state index in [1.807, 2.05) is 13.8 Å². The first kappa shape index (κ1) is 16.4. The normalized spacial score (nSPS) is 12.2. The fraction of sp³-hybridized carbons (Fsp3) is 0.429. The lowest BCUT2D eigenvalue weighted by Crippen LogP contribution is -2.33. The van der Waals surface area contributed by atoms with E-state index in [0.717, 1.165) is 6.07 Å². The summed E-state index contributed by atoms with van der Waals surface area (Å²) in [6, 6.07) is 3.61. The van der Waals surface area contributed by atoms with Crippen molar-refractivity contribution in [3.05, 3.63) is 34.6 Å². The van der Waals surface area contributed by atoms with Crippen LogP contribution < -0.4 is 5.32 Å². The molecule has 1 aromatic rings. The molecular weight excluding hydrogens is 285 g/mol. The minimum absolute atomic E-state index is 0.0291. The molecule has 110 valence electrons. The van der Waals surface area contributed by atoms with Crippen molar-refractivity contribution in [2.75, 3.05) is 6.54 Å². The SMILES string of the molecule is CC(C)CC(CNC(=O)c1ccc(F)c(Cl)c1)C(=O)O. The summed E-state index contributed by atoms with van der Waals surface area (Å²) in [4.78, 5) is 22.9. The van der Waals surface area contributed by atoms with Gasteiger partial charge in [-0.3, -0.25) is 9.59 Å². The van der Waals surface area contributed by atoms with Crippen molar-refractivity contribution in [1.82, 2.24) is 5.32 Å². The van der Waals surface area contributed by atoms with Crippen LogP contribution in [0.15, 0.2) is 18.2 Å². The van der Waals surface area contributed by atoms with Crippen LogP contribution >= 0.6 is 11.6 Å². The van der Waals surface area contributed by atoms with Crippen molar-refractivity contribution in [2.45, 2.75) is 20.3 Å². The van der Waals surface area contributed by atoms with Gasteiger partial charge in [0.1, 0.15) is 5.82 Å². The number of aliphatic carboxylic acids is 1. The maximum absolute atomic E-state index is 13.0. The zero-order valence-corrected chi connectivity index (χ0v) is 12.1. The molecule has 6 heteroatoms. The molecule has 0 aliphatic heterocycles. The highest BCUT2D eigenvalue weighted by Gasteiger charge is 2.20. The van der Waals surface area contributed by atoms with Crippen LogP contribution in [-0.2, 0) is 4.79 Å². The Balaban J connectivity index is 2.65. The molecule has 0 saturated heterocycles. The summed E-state index contributed by atoms with van der Waals surface area (Å²) < 4.78 is 13.0. The van der Waals surface area contributed by atoms with E-state index >= 15 is 0 Å². The number of amides is 1. The number of benzene rings is 1. The highest BCUT2D eigenvalue weighted by atomic mass is 35.5. The molecule has 0 heterocycles. The van der Waals surface area contributed by atoms with Gasteiger partial charge in [-0.2, -0.15) is 0 Å². The van der Waals surface area contributed by atoms with Crippen LogP contribution in [-0.4, -0.2) is 23.5 Å². The second kappa shape index (κ2) is 7.24. The van der Waals surface area contributed by atoms with Crippen LogP contribution in [0.2, 0.25) is 5.02 Å². The van der Waals surface area contributed by atoms with Crippen molar-refractivity contribution in [2.24, 2.45) is 11.8 Å². The molecule has 1 unspecified atom stereocenters. The third-order valence-corrected chi connectivity index (χ3v) is 3.09. The second-order valence-corrected chi connectivity index (χ2v) is 5.41. The molecule has 1 atom stereocenters. The molecule has 0 radical (unpaired) electrons. The van der Waals surface area contributed by atoms with Crippen molar-refractivity contribution in [3.8, 4) is 0 Å². The number of rotatable bonds is 6. The third kappa shape index (κ3) is 4.81. The minimum Gasteiger partial charge on any atom is -0.481 e. The molecule has 0 fully saturated rings. The first-order valence-electron chi connectivity index (χ1n) is 6.27. The maximum atomic E-state index is 13.0. The van der Waals surface area contributed by atoms with Crippen LogP contribution in [0.25, 0.3) is 0 Å². The predicted octanol–water partition coefficient (Wildman–Crippen LogP) is 2.96. The summed E-state index contributed by atoms with van der Waals surface area (Å²) in [5.74, 6) is -2.45. The summed E-state index contributed by atoms with van der Waals surface area (Å²) in [6.45, 7) is 3.86. The molecule has 0 bridgehead atoms. The average Bonchev–Trinajstić information content (AvgIpc) is 2.36. The monoisotopic (exact) mass is 301 g/mol. The fourth-order valence-corrected chi connectivity index (χ4v) is 1.98. The van der Waals surface area contributed by atoms with Gasteiger partial charge in [-0.1, -0.05) is 25.4 Å². The van der Waals surface area contributed by atoms with E-state index in [1.165, 1.54) is 12.1 Å². The van der Waals surface area contributed by atoms with E-state index in [4.69, 9.17) is 16.7 Å². The number of carbonyl (C=O) groups excluding carboxylic acids is 1. The molecule has 0 aromatic heterocycles. The number of hydrogen-bond acceptors (Lipinski definition) is 2. The second-order valence-electron chi connectivity index (χ2n) is 5.00. The van der Waals surface area contributed by atoms with Crippen LogP contribution in [0.1, 0.15) is 30.6 Å². The summed E-state index contributed by atoms with van der Waals surface area (Å²) >= 11 is 5.59. The van der Waals surface area contributed by atoms with E-state index < -0.39 is 23.6 Å². The zero-order valence-electron chi connectivity index (χ0n) is 11.3. The Bertz CT molecular complexity index is 505. The Morgan fingerprint density at radius 2 is 2.05 bits per heavy atom. The van der Waals surface area contributed by atoms with E-state index in [1.54, 1.807) is 0 Å². The molecule has 1 rings (SSSR count). The number of carbonyl (C=O) groups is 2. The lowest BCUT2D eigenvalue weighted by atomic mass is 9.97. The topological polar surface area (TPSA) is 66.4 Å². The maximum Gasteiger partial charge on any atom is 0.308 e. The van der Waals surface area contributed by atoms with Gasteiger partial charge in [-0.15, -0.1) is 0 Å². The van der Waals surface area contributed by atoms with E-state index in [2.05, 4.69) is 5.32 Å². The molecule has 0 saturated carbocycles. The summed E-state index contributed by atoms with van der Waals surface area (Å²) in [5.41, 5.74) is 0.199. The van der Waals surface area contributed by atoms with E-state index in [9.17, 15) is 14.0 Å². The Morgan fingerprint density at radius 1 is 1.40 bits per heavy atom. The summed E-state index contributed by atoms with van der Waals surface area (Å²) in [7, 11) is 0. The Hall–Kier alpha value is -1.62. The lowest BCUT2D eigenvalue weighted by molar-refractivity contribution is -0.142. The van der Waals surface area contributed by atoms with Crippen LogP contribution in [0.4, 0.5) is 4.39 Å². The van der Waals surface area contributed by atoms with E-state index in [-0.39, 0.29) is 23.0 Å². The number of halogens is 2. The number of hydrogen-bond donors (Lipinski definition) is 2. The van der Waals surface area contributed by atoms with Crippen LogP contribution in [0.3, 0.4) is 0 Å². The van der Waals surface area contributed by atoms with E-state index in [0.29, 0.717) is 6.42 Å². The third-order valence-electron chi connectivity index (χ3n) is 2.80. The molecule has 0 aliphatic carbocycles. The van der Waals surface area contributed by atoms with Gasteiger partial charge >= 0.3 is 5.97 Å². The molecular formula is C14H17ClFNO3. The average molecular weight is 302 g/mol. The first-order chi connectivity index (χ1) is 9.31. The standard InChI is InChI=1S/C14H17ClFNO3/c1-8(2)5-10(14(19)20)7-17-13(18)9-3-4-12(16)11(15)6-9/h3-4,6,8,10H,5,7H2,1-2H3,(H,17,18)(H,19,20). The first-order valence-corrected chi connectivity index (χ1v) is 6.65. The van der Waals surface area contributed by atoms with Crippen molar-refractivity contribution in [3.63, 3.8) is 0 Å². The molecule has 0 aliphatic rings. The highest BCUT2D eigenvalue weighted by Crippen LogP contribution is 2.16. The van der Waals surface area contributed by atoms with Crippen LogP contribution in [0, 0.1) is 17.7 Å². The minimum atomic E-state index is -0.948. The molecule has 1 aromatic carbocycles. The predicted molar refractivity (Wildman–Crippen MR) is 74.3 cm³/mol. The molecule has 20 heavy (non-hydrogen) atoms. The zero-order chi connectivity index (χ0) is 15.3. The van der Waals surface area contributed by atoms with Crippen molar-refractivity contribution >= 4 is 23.5 Å². The smallest absolute Gasteiger partial charge is 0.308 e. The molecule has 2 N–H and O–H groups in total. The largest absolute Gasteiger partial charge is 0.481 e. The van der Waals surface area contributed by atoms with Crippen LogP contribution in [0.5, 0.6) is 0 Å². The van der Waals surface area contributed by atoms with Gasteiger partial charge < -0.3 is 10.4 Å². The number of carboxylic acids is 1.